The third-order valence-electron chi connectivity index (χ3n) is 2.72. The van der Waals surface area contributed by atoms with E-state index in [4.69, 9.17) is 0 Å². The summed E-state index contributed by atoms with van der Waals surface area (Å²) in [5.74, 6) is 0.425. The smallest absolute Gasteiger partial charge is 0.123 e. The van der Waals surface area contributed by atoms with Gasteiger partial charge < -0.3 is 0 Å². The summed E-state index contributed by atoms with van der Waals surface area (Å²) in [5.41, 5.74) is 1.26. The van der Waals surface area contributed by atoms with Crippen LogP contribution in [0.2, 0.25) is 0 Å². The van der Waals surface area contributed by atoms with Crippen molar-refractivity contribution >= 4 is 0 Å². The van der Waals surface area contributed by atoms with Crippen molar-refractivity contribution < 1.29 is 4.39 Å². The van der Waals surface area contributed by atoms with E-state index in [0.717, 1.165) is 0 Å². The molecule has 13 heavy (non-hydrogen) atoms. The van der Waals surface area contributed by atoms with Gasteiger partial charge in [0, 0.05) is 0 Å². The summed E-state index contributed by atoms with van der Waals surface area (Å²) in [6, 6.07) is 6.92. The molecule has 1 aromatic rings. The third-order valence-corrected chi connectivity index (χ3v) is 2.72. The van der Waals surface area contributed by atoms with Gasteiger partial charge in [0.2, 0.25) is 0 Å². The first-order valence-corrected chi connectivity index (χ1v) is 4.95. The average molecular weight is 177 g/mol. The lowest BCUT2D eigenvalue weighted by atomic mass is 9.84. The van der Waals surface area contributed by atoms with Crippen LogP contribution in [-0.4, -0.2) is 0 Å². The summed E-state index contributed by atoms with van der Waals surface area (Å²) >= 11 is 0. The largest absolute Gasteiger partial charge is 0.207 e. The number of benzene rings is 1. The van der Waals surface area contributed by atoms with Crippen LogP contribution < -0.4 is 0 Å². The van der Waals surface area contributed by atoms with Gasteiger partial charge in [-0.25, -0.2) is 4.39 Å². The predicted octanol–water partition coefficient (Wildman–Crippen LogP) is 3.69. The zero-order chi connectivity index (χ0) is 9.10. The lowest BCUT2D eigenvalue weighted by Crippen LogP contribution is -2.04. The van der Waals surface area contributed by atoms with Crippen LogP contribution in [0.1, 0.15) is 37.2 Å². The van der Waals surface area contributed by atoms with Gasteiger partial charge in [0.15, 0.2) is 0 Å². The van der Waals surface area contributed by atoms with Gasteiger partial charge in [-0.05, 0) is 42.9 Å². The summed E-state index contributed by atoms with van der Waals surface area (Å²) in [5, 5.41) is 0. The molecular formula is C12H14F. The SMILES string of the molecule is Fc1ccc(C2[CH]CCCC2)cc1. The molecule has 1 atom stereocenters. The van der Waals surface area contributed by atoms with Crippen molar-refractivity contribution in [1.29, 1.82) is 0 Å². The van der Waals surface area contributed by atoms with E-state index in [2.05, 4.69) is 6.42 Å². The summed E-state index contributed by atoms with van der Waals surface area (Å²) in [6.07, 6.45) is 7.42. The quantitative estimate of drug-likeness (QED) is 0.613. The van der Waals surface area contributed by atoms with Crippen LogP contribution in [0, 0.1) is 12.2 Å². The normalized spacial score (nSPS) is 18.8. The first-order valence-electron chi connectivity index (χ1n) is 4.95. The first kappa shape index (κ1) is 8.74. The Morgan fingerprint density at radius 1 is 1.08 bits per heavy atom. The van der Waals surface area contributed by atoms with Crippen molar-refractivity contribution in [2.45, 2.75) is 31.6 Å². The van der Waals surface area contributed by atoms with E-state index < -0.39 is 0 Å². The van der Waals surface area contributed by atoms with Gasteiger partial charge in [0.05, 0.1) is 0 Å². The van der Waals surface area contributed by atoms with Gasteiger partial charge >= 0.3 is 0 Å². The van der Waals surface area contributed by atoms with Gasteiger partial charge in [-0.3, -0.25) is 0 Å². The Labute approximate surface area is 78.8 Å². The molecule has 1 aromatic carbocycles. The van der Waals surface area contributed by atoms with Gasteiger partial charge in [-0.2, -0.15) is 0 Å². The lowest BCUT2D eigenvalue weighted by molar-refractivity contribution is 0.533. The van der Waals surface area contributed by atoms with E-state index in [-0.39, 0.29) is 5.82 Å². The van der Waals surface area contributed by atoms with E-state index in [1.165, 1.54) is 31.2 Å². The maximum atomic E-state index is 12.6. The minimum Gasteiger partial charge on any atom is -0.207 e. The molecule has 1 heteroatoms. The summed E-state index contributed by atoms with van der Waals surface area (Å²) in [7, 11) is 0. The molecule has 0 aliphatic heterocycles. The minimum absolute atomic E-state index is 0.139. The standard InChI is InChI=1S/C12H14F/c13-12-8-6-11(7-9-12)10-4-2-1-3-5-10/h4,6-10H,1-3,5H2. The minimum atomic E-state index is -0.139. The van der Waals surface area contributed by atoms with Crippen molar-refractivity contribution in [1.82, 2.24) is 0 Å². The van der Waals surface area contributed by atoms with E-state index in [0.29, 0.717) is 5.92 Å². The van der Waals surface area contributed by atoms with Crippen LogP contribution in [0.4, 0.5) is 4.39 Å². The van der Waals surface area contributed by atoms with Crippen molar-refractivity contribution in [2.75, 3.05) is 0 Å². The summed E-state index contributed by atoms with van der Waals surface area (Å²) in [6.45, 7) is 0. The van der Waals surface area contributed by atoms with Gasteiger partial charge in [0.25, 0.3) is 0 Å². The van der Waals surface area contributed by atoms with Gasteiger partial charge in [0.1, 0.15) is 5.82 Å². The second-order valence-corrected chi connectivity index (χ2v) is 3.68. The Morgan fingerprint density at radius 3 is 2.46 bits per heavy atom. The Kier molecular flexibility index (Phi) is 2.62. The highest BCUT2D eigenvalue weighted by molar-refractivity contribution is 5.23. The van der Waals surface area contributed by atoms with Crippen LogP contribution in [0.25, 0.3) is 0 Å². The fourth-order valence-corrected chi connectivity index (χ4v) is 1.96. The van der Waals surface area contributed by atoms with Crippen molar-refractivity contribution in [3.63, 3.8) is 0 Å². The fraction of sp³-hybridized carbons (Fsp3) is 0.417. The zero-order valence-electron chi connectivity index (χ0n) is 7.67. The Bertz CT molecular complexity index is 257. The molecule has 69 valence electrons. The first-order chi connectivity index (χ1) is 6.36. The third kappa shape index (κ3) is 2.09. The second kappa shape index (κ2) is 3.91. The van der Waals surface area contributed by atoms with E-state index in [1.54, 1.807) is 12.1 Å². The number of rotatable bonds is 1. The van der Waals surface area contributed by atoms with E-state index in [1.807, 2.05) is 12.1 Å². The second-order valence-electron chi connectivity index (χ2n) is 3.68. The average Bonchev–Trinajstić information content (AvgIpc) is 2.20. The molecular weight excluding hydrogens is 163 g/mol. The maximum absolute atomic E-state index is 12.6. The molecule has 1 aliphatic rings. The highest BCUT2D eigenvalue weighted by Gasteiger charge is 2.15. The van der Waals surface area contributed by atoms with Crippen LogP contribution in [-0.2, 0) is 0 Å². The molecule has 0 bridgehead atoms. The van der Waals surface area contributed by atoms with Gasteiger partial charge in [-0.1, -0.05) is 25.0 Å². The van der Waals surface area contributed by atoms with Crippen LogP contribution in [0.3, 0.4) is 0 Å². The number of halogens is 1. The molecule has 0 aromatic heterocycles. The fourth-order valence-electron chi connectivity index (χ4n) is 1.96. The summed E-state index contributed by atoms with van der Waals surface area (Å²) < 4.78 is 12.6. The highest BCUT2D eigenvalue weighted by atomic mass is 19.1. The number of hydrogen-bond acceptors (Lipinski definition) is 0. The summed E-state index contributed by atoms with van der Waals surface area (Å²) in [4.78, 5) is 0. The maximum Gasteiger partial charge on any atom is 0.123 e. The van der Waals surface area contributed by atoms with Crippen molar-refractivity contribution in [3.05, 3.63) is 42.1 Å². The molecule has 1 saturated carbocycles. The molecule has 1 unspecified atom stereocenters. The van der Waals surface area contributed by atoms with E-state index in [9.17, 15) is 4.39 Å². The molecule has 0 N–H and O–H groups in total. The van der Waals surface area contributed by atoms with E-state index >= 15 is 0 Å². The monoisotopic (exact) mass is 177 g/mol. The molecule has 0 saturated heterocycles. The Balaban J connectivity index is 2.10. The molecule has 0 heterocycles. The molecule has 1 fully saturated rings. The zero-order valence-corrected chi connectivity index (χ0v) is 7.67. The Hall–Kier alpha value is -0.850. The Morgan fingerprint density at radius 2 is 1.85 bits per heavy atom. The van der Waals surface area contributed by atoms with Crippen LogP contribution in [0.15, 0.2) is 24.3 Å². The lowest BCUT2D eigenvalue weighted by Gasteiger charge is -2.21. The molecule has 0 nitrogen and oxygen atoms in total. The predicted molar refractivity (Wildman–Crippen MR) is 51.9 cm³/mol. The topological polar surface area (TPSA) is 0 Å². The molecule has 1 radical (unpaired) electrons. The van der Waals surface area contributed by atoms with Crippen LogP contribution >= 0.6 is 0 Å². The highest BCUT2D eigenvalue weighted by Crippen LogP contribution is 2.31. The molecule has 1 aliphatic carbocycles. The van der Waals surface area contributed by atoms with Crippen molar-refractivity contribution in [2.24, 2.45) is 0 Å². The molecule has 0 spiro atoms. The van der Waals surface area contributed by atoms with Gasteiger partial charge in [-0.15, -0.1) is 0 Å². The van der Waals surface area contributed by atoms with Crippen LogP contribution in [0.5, 0.6) is 0 Å². The molecule has 2 rings (SSSR count). The van der Waals surface area contributed by atoms with Crippen molar-refractivity contribution in [3.8, 4) is 0 Å². The number of hydrogen-bond donors (Lipinski definition) is 0. The molecule has 0 amide bonds.